The lowest BCUT2D eigenvalue weighted by atomic mass is 10.2. The van der Waals surface area contributed by atoms with Crippen LogP contribution in [0, 0.1) is 5.82 Å². The van der Waals surface area contributed by atoms with E-state index in [0.717, 1.165) is 16.3 Å². The predicted octanol–water partition coefficient (Wildman–Crippen LogP) is 4.06. The molecule has 0 atom stereocenters. The highest BCUT2D eigenvalue weighted by Gasteiger charge is 2.18. The molecule has 26 heavy (non-hydrogen) atoms. The first-order chi connectivity index (χ1) is 12.5. The van der Waals surface area contributed by atoms with Gasteiger partial charge in [0.2, 0.25) is 0 Å². The highest BCUT2D eigenvalue weighted by Crippen LogP contribution is 2.24. The maximum Gasteiger partial charge on any atom is 0.343 e. The minimum atomic E-state index is -0.911. The van der Waals surface area contributed by atoms with E-state index in [9.17, 15) is 14.0 Å². The summed E-state index contributed by atoms with van der Waals surface area (Å²) in [7, 11) is 0. The predicted molar refractivity (Wildman–Crippen MR) is 97.4 cm³/mol. The van der Waals surface area contributed by atoms with Crippen LogP contribution in [0.4, 0.5) is 4.39 Å². The number of hydrogen-bond donors (Lipinski definition) is 0. The van der Waals surface area contributed by atoms with Gasteiger partial charge in [0, 0.05) is 6.07 Å². The molecule has 4 rings (SSSR count). The maximum absolute atomic E-state index is 13.8. The Hall–Kier alpha value is -2.77. The SMILES string of the molecule is O=C(OCc1cc(=O)n2c(n1)sc1ccccc12)c1c(F)cccc1Cl. The van der Waals surface area contributed by atoms with E-state index in [1.54, 1.807) is 0 Å². The monoisotopic (exact) mass is 388 g/mol. The van der Waals surface area contributed by atoms with Gasteiger partial charge in [0.15, 0.2) is 4.96 Å². The summed E-state index contributed by atoms with van der Waals surface area (Å²) < 4.78 is 21.3. The van der Waals surface area contributed by atoms with Gasteiger partial charge < -0.3 is 4.74 Å². The first kappa shape index (κ1) is 16.7. The first-order valence-electron chi connectivity index (χ1n) is 7.56. The van der Waals surface area contributed by atoms with Gasteiger partial charge in [-0.1, -0.05) is 41.1 Å². The van der Waals surface area contributed by atoms with Crippen LogP contribution in [-0.2, 0) is 11.3 Å². The van der Waals surface area contributed by atoms with Crippen LogP contribution in [0.5, 0.6) is 0 Å². The second-order valence-corrected chi connectivity index (χ2v) is 6.86. The van der Waals surface area contributed by atoms with E-state index in [2.05, 4.69) is 4.98 Å². The molecule has 5 nitrogen and oxygen atoms in total. The third-order valence-electron chi connectivity index (χ3n) is 3.77. The fourth-order valence-electron chi connectivity index (χ4n) is 2.60. The number of esters is 1. The standard InChI is InChI=1S/C18H10ClFN2O3S/c19-11-4-3-5-12(20)16(11)17(24)25-9-10-8-15(23)22-13-6-1-2-7-14(13)26-18(22)21-10/h1-8H,9H2. The second-order valence-electron chi connectivity index (χ2n) is 5.45. The number of aromatic nitrogens is 2. The molecule has 0 N–H and O–H groups in total. The van der Waals surface area contributed by atoms with E-state index < -0.39 is 11.8 Å². The molecule has 0 spiro atoms. The van der Waals surface area contributed by atoms with Crippen LogP contribution >= 0.6 is 22.9 Å². The Labute approximate surface area is 155 Å². The van der Waals surface area contributed by atoms with Crippen LogP contribution in [0.15, 0.2) is 53.3 Å². The molecule has 0 saturated carbocycles. The summed E-state index contributed by atoms with van der Waals surface area (Å²) in [6.45, 7) is -0.260. The molecule has 130 valence electrons. The molecule has 0 aliphatic rings. The highest BCUT2D eigenvalue weighted by molar-refractivity contribution is 7.23. The Morgan fingerprint density at radius 1 is 1.23 bits per heavy atom. The molecule has 0 aliphatic carbocycles. The minimum Gasteiger partial charge on any atom is -0.455 e. The smallest absolute Gasteiger partial charge is 0.343 e. The molecule has 0 amide bonds. The van der Waals surface area contributed by atoms with Crippen molar-refractivity contribution in [1.29, 1.82) is 0 Å². The fourth-order valence-corrected chi connectivity index (χ4v) is 3.89. The van der Waals surface area contributed by atoms with Crippen molar-refractivity contribution in [2.45, 2.75) is 6.61 Å². The Balaban J connectivity index is 1.65. The lowest BCUT2D eigenvalue weighted by Gasteiger charge is -2.07. The van der Waals surface area contributed by atoms with E-state index >= 15 is 0 Å². The molecule has 0 saturated heterocycles. The summed E-state index contributed by atoms with van der Waals surface area (Å²) in [4.78, 5) is 29.4. The average molecular weight is 389 g/mol. The van der Waals surface area contributed by atoms with Crippen molar-refractivity contribution >= 4 is 44.1 Å². The summed E-state index contributed by atoms with van der Waals surface area (Å²) in [5.41, 5.74) is 0.435. The Morgan fingerprint density at radius 3 is 2.85 bits per heavy atom. The molecule has 2 heterocycles. The number of hydrogen-bond acceptors (Lipinski definition) is 5. The number of carbonyl (C=O) groups excluding carboxylic acids is 1. The van der Waals surface area contributed by atoms with Crippen molar-refractivity contribution in [2.75, 3.05) is 0 Å². The molecule has 0 fully saturated rings. The lowest BCUT2D eigenvalue weighted by Crippen LogP contribution is -2.15. The summed E-state index contributed by atoms with van der Waals surface area (Å²) in [5, 5.41) is -0.0389. The van der Waals surface area contributed by atoms with Crippen molar-refractivity contribution < 1.29 is 13.9 Å². The van der Waals surface area contributed by atoms with Crippen LogP contribution in [0.2, 0.25) is 5.02 Å². The van der Waals surface area contributed by atoms with Gasteiger partial charge in [0.05, 0.1) is 20.9 Å². The molecular weight excluding hydrogens is 379 g/mol. The van der Waals surface area contributed by atoms with Crippen LogP contribution in [0.1, 0.15) is 16.1 Å². The van der Waals surface area contributed by atoms with Crippen LogP contribution in [0.3, 0.4) is 0 Å². The molecule has 0 radical (unpaired) electrons. The molecule has 0 aliphatic heterocycles. The van der Waals surface area contributed by atoms with Crippen LogP contribution in [-0.4, -0.2) is 15.4 Å². The van der Waals surface area contributed by atoms with Gasteiger partial charge in [-0.2, -0.15) is 0 Å². The lowest BCUT2D eigenvalue weighted by molar-refractivity contribution is 0.0462. The number of ether oxygens (including phenoxy) is 1. The van der Waals surface area contributed by atoms with E-state index in [-0.39, 0.29) is 28.4 Å². The van der Waals surface area contributed by atoms with Crippen LogP contribution < -0.4 is 5.56 Å². The van der Waals surface area contributed by atoms with Crippen LogP contribution in [0.25, 0.3) is 15.2 Å². The quantitative estimate of drug-likeness (QED) is 0.496. The average Bonchev–Trinajstić information content (AvgIpc) is 2.98. The number of halogens is 2. The molecule has 4 aromatic rings. The van der Waals surface area contributed by atoms with Crippen molar-refractivity contribution in [3.8, 4) is 0 Å². The zero-order valence-corrected chi connectivity index (χ0v) is 14.7. The second kappa shape index (κ2) is 6.51. The zero-order chi connectivity index (χ0) is 18.3. The number of benzene rings is 2. The van der Waals surface area contributed by atoms with Gasteiger partial charge in [-0.3, -0.25) is 9.20 Å². The van der Waals surface area contributed by atoms with E-state index in [1.807, 2.05) is 24.3 Å². The third kappa shape index (κ3) is 2.85. The topological polar surface area (TPSA) is 60.7 Å². The van der Waals surface area contributed by atoms with Crippen molar-refractivity contribution in [3.05, 3.63) is 81.0 Å². The molecule has 2 aromatic carbocycles. The van der Waals surface area contributed by atoms with E-state index in [4.69, 9.17) is 16.3 Å². The van der Waals surface area contributed by atoms with Gasteiger partial charge in [-0.25, -0.2) is 14.2 Å². The van der Waals surface area contributed by atoms with Crippen molar-refractivity contribution in [1.82, 2.24) is 9.38 Å². The van der Waals surface area contributed by atoms with Crippen molar-refractivity contribution in [2.24, 2.45) is 0 Å². The Morgan fingerprint density at radius 2 is 2.04 bits per heavy atom. The molecule has 2 aromatic heterocycles. The molecule has 0 bridgehead atoms. The van der Waals surface area contributed by atoms with Crippen molar-refractivity contribution in [3.63, 3.8) is 0 Å². The maximum atomic E-state index is 13.8. The number of fused-ring (bicyclic) bond motifs is 3. The van der Waals surface area contributed by atoms with E-state index in [0.29, 0.717) is 4.96 Å². The number of carbonyl (C=O) groups is 1. The number of nitrogens with zero attached hydrogens (tertiary/aromatic N) is 2. The van der Waals surface area contributed by atoms with Gasteiger partial charge in [-0.15, -0.1) is 0 Å². The summed E-state index contributed by atoms with van der Waals surface area (Å²) in [6.07, 6.45) is 0. The summed E-state index contributed by atoms with van der Waals surface area (Å²) >= 11 is 7.20. The van der Waals surface area contributed by atoms with Gasteiger partial charge in [0.1, 0.15) is 18.0 Å². The molecule has 0 unspecified atom stereocenters. The largest absolute Gasteiger partial charge is 0.455 e. The summed E-state index contributed by atoms with van der Waals surface area (Å²) in [5.74, 6) is -1.68. The number of rotatable bonds is 3. The normalized spacial score (nSPS) is 11.2. The third-order valence-corrected chi connectivity index (χ3v) is 5.10. The van der Waals surface area contributed by atoms with Gasteiger partial charge >= 0.3 is 5.97 Å². The number of thiazole rings is 1. The van der Waals surface area contributed by atoms with E-state index in [1.165, 1.54) is 33.9 Å². The molecular formula is C18H10ClFN2O3S. The molecule has 8 heteroatoms. The fraction of sp³-hybridized carbons (Fsp3) is 0.0556. The Kier molecular flexibility index (Phi) is 4.18. The minimum absolute atomic E-state index is 0.0389. The zero-order valence-electron chi connectivity index (χ0n) is 13.1. The summed E-state index contributed by atoms with van der Waals surface area (Å²) in [6, 6.07) is 12.7. The Bertz CT molecular complexity index is 1200. The number of para-hydroxylation sites is 1. The van der Waals surface area contributed by atoms with Gasteiger partial charge in [0.25, 0.3) is 5.56 Å². The highest BCUT2D eigenvalue weighted by atomic mass is 35.5. The first-order valence-corrected chi connectivity index (χ1v) is 8.75. The van der Waals surface area contributed by atoms with Gasteiger partial charge in [-0.05, 0) is 24.3 Å².